The number of carbonyl (C=O) groups excluding carboxylic acids is 1. The Morgan fingerprint density at radius 2 is 2.00 bits per heavy atom. The minimum absolute atomic E-state index is 0.203. The second-order valence-electron chi connectivity index (χ2n) is 3.74. The molecule has 0 radical (unpaired) electrons. The zero-order valence-corrected chi connectivity index (χ0v) is 8.67. The smallest absolute Gasteiger partial charge is 0.336 e. The average molecular weight is 223 g/mol. The fraction of sp³-hybridized carbons (Fsp3) is 0.364. The Morgan fingerprint density at radius 3 is 2.56 bits per heavy atom. The van der Waals surface area contributed by atoms with Crippen molar-refractivity contribution in [3.05, 3.63) is 24.3 Å². The van der Waals surface area contributed by atoms with Crippen LogP contribution in [0.4, 0.5) is 0 Å². The molecule has 2 rings (SSSR count). The lowest BCUT2D eigenvalue weighted by Crippen LogP contribution is -2.27. The van der Waals surface area contributed by atoms with E-state index in [1.165, 1.54) is 12.1 Å². The molecule has 86 valence electrons. The zero-order chi connectivity index (χ0) is 11.5. The monoisotopic (exact) mass is 223 g/mol. The molecule has 0 saturated carbocycles. The van der Waals surface area contributed by atoms with E-state index in [2.05, 4.69) is 0 Å². The van der Waals surface area contributed by atoms with Crippen LogP contribution in [0.25, 0.3) is 0 Å². The highest BCUT2D eigenvalue weighted by molar-refractivity contribution is 5.73. The van der Waals surface area contributed by atoms with Gasteiger partial charge in [-0.25, -0.2) is 4.79 Å². The molecule has 5 heteroatoms. The van der Waals surface area contributed by atoms with Crippen LogP contribution in [0, 0.1) is 5.92 Å². The van der Waals surface area contributed by atoms with Crippen molar-refractivity contribution < 1.29 is 19.8 Å². The topological polar surface area (TPSA) is 71.7 Å². The summed E-state index contributed by atoms with van der Waals surface area (Å²) in [6, 6.07) is 2.51. The average Bonchev–Trinajstić information content (AvgIpc) is 2.62. The van der Waals surface area contributed by atoms with Crippen molar-refractivity contribution in [2.75, 3.05) is 0 Å². The highest BCUT2D eigenvalue weighted by Crippen LogP contribution is 2.22. The molecule has 0 saturated heterocycles. The number of allylic oxidation sites excluding steroid dienone is 2. The van der Waals surface area contributed by atoms with Crippen molar-refractivity contribution in [1.82, 2.24) is 4.73 Å². The van der Waals surface area contributed by atoms with Gasteiger partial charge in [0.25, 0.3) is 0 Å². The van der Waals surface area contributed by atoms with Gasteiger partial charge in [0.1, 0.15) is 0 Å². The highest BCUT2D eigenvalue weighted by Gasteiger charge is 2.22. The third-order valence-electron chi connectivity index (χ3n) is 2.58. The van der Waals surface area contributed by atoms with Crippen LogP contribution in [0.1, 0.15) is 19.3 Å². The molecule has 0 amide bonds. The van der Waals surface area contributed by atoms with E-state index >= 15 is 0 Å². The lowest BCUT2D eigenvalue weighted by molar-refractivity contribution is -0.150. The van der Waals surface area contributed by atoms with Gasteiger partial charge in [0.05, 0.1) is 5.92 Å². The maximum Gasteiger partial charge on any atom is 0.336 e. The molecule has 0 spiro atoms. The molecule has 1 atom stereocenters. The predicted molar refractivity (Wildman–Crippen MR) is 55.8 cm³/mol. The van der Waals surface area contributed by atoms with Crippen molar-refractivity contribution >= 4 is 5.97 Å². The first-order chi connectivity index (χ1) is 7.68. The number of aromatic nitrogens is 1. The van der Waals surface area contributed by atoms with Crippen LogP contribution in [-0.4, -0.2) is 20.9 Å². The lowest BCUT2D eigenvalue weighted by Gasteiger charge is -2.16. The molecule has 16 heavy (non-hydrogen) atoms. The first kappa shape index (κ1) is 10.6. The highest BCUT2D eigenvalue weighted by atomic mass is 16.7. The van der Waals surface area contributed by atoms with Gasteiger partial charge in [-0.3, -0.25) is 0 Å². The van der Waals surface area contributed by atoms with Crippen molar-refractivity contribution in [2.24, 2.45) is 5.92 Å². The maximum absolute atomic E-state index is 11.7. The van der Waals surface area contributed by atoms with Gasteiger partial charge in [0.15, 0.2) is 0 Å². The fourth-order valence-electron chi connectivity index (χ4n) is 1.67. The second kappa shape index (κ2) is 4.30. The van der Waals surface area contributed by atoms with Crippen LogP contribution in [-0.2, 0) is 4.79 Å². The molecule has 0 fully saturated rings. The summed E-state index contributed by atoms with van der Waals surface area (Å²) in [4.78, 5) is 16.6. The van der Waals surface area contributed by atoms with Gasteiger partial charge in [-0.2, -0.15) is 0 Å². The Hall–Kier alpha value is -1.91. The molecule has 5 nitrogen and oxygen atoms in total. The van der Waals surface area contributed by atoms with E-state index < -0.39 is 5.97 Å². The Labute approximate surface area is 92.5 Å². The third kappa shape index (κ3) is 2.03. The van der Waals surface area contributed by atoms with Gasteiger partial charge in [-0.15, -0.1) is 4.73 Å². The zero-order valence-electron chi connectivity index (χ0n) is 8.67. The number of nitrogens with zero attached hydrogens (tertiary/aromatic N) is 1. The van der Waals surface area contributed by atoms with Crippen LogP contribution < -0.4 is 4.84 Å². The summed E-state index contributed by atoms with van der Waals surface area (Å²) in [6.07, 6.45) is 6.18. The van der Waals surface area contributed by atoms with E-state index in [0.717, 1.165) is 17.6 Å². The molecule has 1 heterocycles. The van der Waals surface area contributed by atoms with E-state index in [1.54, 1.807) is 0 Å². The fourth-order valence-corrected chi connectivity index (χ4v) is 1.67. The molecule has 0 aromatic carbocycles. The molecule has 1 aliphatic carbocycles. The molecule has 0 bridgehead atoms. The van der Waals surface area contributed by atoms with E-state index in [4.69, 9.17) is 4.84 Å². The van der Waals surface area contributed by atoms with Gasteiger partial charge >= 0.3 is 5.97 Å². The van der Waals surface area contributed by atoms with Crippen molar-refractivity contribution in [3.8, 4) is 11.8 Å². The van der Waals surface area contributed by atoms with Gasteiger partial charge in [0.2, 0.25) is 11.8 Å². The van der Waals surface area contributed by atoms with E-state index in [9.17, 15) is 15.0 Å². The van der Waals surface area contributed by atoms with Gasteiger partial charge < -0.3 is 15.1 Å². The number of hydrogen-bond acceptors (Lipinski definition) is 4. The molecular formula is C11H13NO4. The number of hydrogen-bond donors (Lipinski definition) is 2. The number of rotatable bonds is 2. The predicted octanol–water partition coefficient (Wildman–Crippen LogP) is 1.21. The van der Waals surface area contributed by atoms with Crippen LogP contribution in [0.5, 0.6) is 11.8 Å². The molecular weight excluding hydrogens is 210 g/mol. The Kier molecular flexibility index (Phi) is 2.85. The summed E-state index contributed by atoms with van der Waals surface area (Å²) < 4.78 is 0.723. The van der Waals surface area contributed by atoms with Crippen LogP contribution >= 0.6 is 0 Å². The third-order valence-corrected chi connectivity index (χ3v) is 2.58. The van der Waals surface area contributed by atoms with Crippen molar-refractivity contribution in [1.29, 1.82) is 0 Å². The summed E-state index contributed by atoms with van der Waals surface area (Å²) in [5, 5.41) is 18.6. The summed E-state index contributed by atoms with van der Waals surface area (Å²) in [5.74, 6) is -1.23. The number of aromatic hydroxyl groups is 2. The summed E-state index contributed by atoms with van der Waals surface area (Å²) in [5.41, 5.74) is 0. The van der Waals surface area contributed by atoms with Crippen LogP contribution in [0.15, 0.2) is 24.3 Å². The maximum atomic E-state index is 11.7. The SMILES string of the molecule is O=C(On1c(O)ccc1O)C1CC=CCC1. The molecule has 0 aliphatic heterocycles. The Balaban J connectivity index is 2.04. The molecule has 1 aromatic heterocycles. The molecule has 1 aromatic rings. The first-order valence-electron chi connectivity index (χ1n) is 5.15. The van der Waals surface area contributed by atoms with Crippen LogP contribution in [0.2, 0.25) is 0 Å². The van der Waals surface area contributed by atoms with E-state index in [1.807, 2.05) is 12.2 Å². The Morgan fingerprint density at radius 1 is 1.31 bits per heavy atom. The van der Waals surface area contributed by atoms with Gasteiger partial charge in [-0.1, -0.05) is 12.2 Å². The van der Waals surface area contributed by atoms with Crippen LogP contribution in [0.3, 0.4) is 0 Å². The van der Waals surface area contributed by atoms with Crippen molar-refractivity contribution in [2.45, 2.75) is 19.3 Å². The van der Waals surface area contributed by atoms with E-state index in [-0.39, 0.29) is 17.7 Å². The lowest BCUT2D eigenvalue weighted by atomic mass is 9.95. The molecule has 2 N–H and O–H groups in total. The normalized spacial score (nSPS) is 19.6. The summed E-state index contributed by atoms with van der Waals surface area (Å²) in [7, 11) is 0. The van der Waals surface area contributed by atoms with Gasteiger partial charge in [0, 0.05) is 12.1 Å². The Bertz CT molecular complexity index is 402. The van der Waals surface area contributed by atoms with E-state index in [0.29, 0.717) is 6.42 Å². The first-order valence-corrected chi connectivity index (χ1v) is 5.15. The molecule has 1 aliphatic rings. The standard InChI is InChI=1S/C11H13NO4/c13-9-6-7-10(14)12(9)16-11(15)8-4-2-1-3-5-8/h1-2,6-8,13-14H,3-5H2. The number of carbonyl (C=O) groups is 1. The molecule has 1 unspecified atom stereocenters. The quantitative estimate of drug-likeness (QED) is 0.739. The van der Waals surface area contributed by atoms with Gasteiger partial charge in [-0.05, 0) is 19.3 Å². The largest absolute Gasteiger partial charge is 0.492 e. The summed E-state index contributed by atoms with van der Waals surface area (Å²) in [6.45, 7) is 0. The second-order valence-corrected chi connectivity index (χ2v) is 3.74. The van der Waals surface area contributed by atoms with Crippen molar-refractivity contribution in [3.63, 3.8) is 0 Å². The minimum Gasteiger partial charge on any atom is -0.492 e. The minimum atomic E-state index is -0.439. The summed E-state index contributed by atoms with van der Waals surface area (Å²) >= 11 is 0.